The van der Waals surface area contributed by atoms with Crippen LogP contribution in [-0.2, 0) is 0 Å². The average Bonchev–Trinajstić information content (AvgIpc) is 2.36. The molecule has 0 heterocycles. The summed E-state index contributed by atoms with van der Waals surface area (Å²) in [6, 6.07) is 0. The number of rotatable bonds is 4. The summed E-state index contributed by atoms with van der Waals surface area (Å²) in [4.78, 5) is 0. The second-order valence-electron chi connectivity index (χ2n) is 8.63. The molecular weight excluding hydrogens is 244 g/mol. The van der Waals surface area contributed by atoms with Crippen molar-refractivity contribution in [1.82, 2.24) is 0 Å². The molecule has 1 heteroatoms. The molecular formula is C19H34O. The Hall–Kier alpha value is -0.300. The van der Waals surface area contributed by atoms with Gasteiger partial charge in [0.2, 0.25) is 0 Å². The van der Waals surface area contributed by atoms with Gasteiger partial charge in [-0.1, -0.05) is 39.7 Å². The van der Waals surface area contributed by atoms with E-state index >= 15 is 0 Å². The van der Waals surface area contributed by atoms with E-state index in [9.17, 15) is 5.11 Å². The van der Waals surface area contributed by atoms with Crippen molar-refractivity contribution in [3.05, 3.63) is 12.7 Å². The van der Waals surface area contributed by atoms with Crippen LogP contribution in [0.1, 0.15) is 79.1 Å². The number of fused-ring (bicyclic) bond motifs is 1. The topological polar surface area (TPSA) is 20.2 Å². The van der Waals surface area contributed by atoms with Crippen molar-refractivity contribution < 1.29 is 5.11 Å². The lowest BCUT2D eigenvalue weighted by Gasteiger charge is -2.57. The molecule has 2 rings (SSSR count). The molecule has 2 aliphatic rings. The summed E-state index contributed by atoms with van der Waals surface area (Å²) in [5, 5.41) is 10.2. The highest BCUT2D eigenvalue weighted by atomic mass is 16.3. The Morgan fingerprint density at radius 3 is 2.55 bits per heavy atom. The lowest BCUT2D eigenvalue weighted by molar-refractivity contribution is -0.0792. The van der Waals surface area contributed by atoms with Crippen LogP contribution in [-0.4, -0.2) is 10.7 Å². The molecule has 0 saturated heterocycles. The number of hydrogen-bond donors (Lipinski definition) is 1. The van der Waals surface area contributed by atoms with E-state index < -0.39 is 5.60 Å². The summed E-state index contributed by atoms with van der Waals surface area (Å²) in [7, 11) is 0. The molecule has 0 aromatic carbocycles. The van der Waals surface area contributed by atoms with Gasteiger partial charge in [0.25, 0.3) is 0 Å². The van der Waals surface area contributed by atoms with Crippen molar-refractivity contribution >= 4 is 0 Å². The Labute approximate surface area is 125 Å². The molecule has 0 amide bonds. The van der Waals surface area contributed by atoms with Gasteiger partial charge in [0.05, 0.1) is 5.60 Å². The van der Waals surface area contributed by atoms with Crippen molar-refractivity contribution in [1.29, 1.82) is 0 Å². The molecule has 0 spiro atoms. The molecule has 0 aromatic rings. The minimum Gasteiger partial charge on any atom is -0.386 e. The fourth-order valence-corrected chi connectivity index (χ4v) is 5.32. The Kier molecular flexibility index (Phi) is 4.40. The van der Waals surface area contributed by atoms with Crippen molar-refractivity contribution in [2.24, 2.45) is 22.7 Å². The maximum Gasteiger partial charge on any atom is 0.0797 e. The SMILES string of the molecule is C=C[C@@](C)(O)CC[C@H]1CCC[C@@H]2C(C)(C)CCC[C@]12C. The lowest BCUT2D eigenvalue weighted by Crippen LogP contribution is -2.49. The van der Waals surface area contributed by atoms with E-state index in [4.69, 9.17) is 0 Å². The largest absolute Gasteiger partial charge is 0.386 e. The predicted molar refractivity (Wildman–Crippen MR) is 86.6 cm³/mol. The van der Waals surface area contributed by atoms with Gasteiger partial charge in [0.1, 0.15) is 0 Å². The van der Waals surface area contributed by atoms with Gasteiger partial charge in [-0.15, -0.1) is 6.58 Å². The Morgan fingerprint density at radius 1 is 1.20 bits per heavy atom. The van der Waals surface area contributed by atoms with Gasteiger partial charge < -0.3 is 5.11 Å². The van der Waals surface area contributed by atoms with Crippen molar-refractivity contribution in [2.45, 2.75) is 84.7 Å². The van der Waals surface area contributed by atoms with Gasteiger partial charge >= 0.3 is 0 Å². The third-order valence-corrected chi connectivity index (χ3v) is 6.69. The molecule has 1 nitrogen and oxygen atoms in total. The van der Waals surface area contributed by atoms with Crippen LogP contribution in [0.5, 0.6) is 0 Å². The standard InChI is InChI=1S/C19H34O/c1-6-18(4,20)14-11-15-9-7-10-16-17(2,3)12-8-13-19(15,16)5/h6,15-16,20H,1,7-14H2,2-5H3/t15-,16-,18-,19-/m1/s1. The third-order valence-electron chi connectivity index (χ3n) is 6.69. The van der Waals surface area contributed by atoms with Crippen LogP contribution in [0.4, 0.5) is 0 Å². The van der Waals surface area contributed by atoms with Crippen LogP contribution >= 0.6 is 0 Å². The molecule has 0 aliphatic heterocycles. The molecule has 1 N–H and O–H groups in total. The zero-order chi connectivity index (χ0) is 15.0. The molecule has 2 fully saturated rings. The summed E-state index contributed by atoms with van der Waals surface area (Å²) < 4.78 is 0. The van der Waals surface area contributed by atoms with E-state index in [1.165, 1.54) is 38.5 Å². The molecule has 0 bridgehead atoms. The second kappa shape index (κ2) is 5.48. The van der Waals surface area contributed by atoms with E-state index in [0.717, 1.165) is 24.7 Å². The van der Waals surface area contributed by atoms with Gasteiger partial charge in [0, 0.05) is 0 Å². The van der Waals surface area contributed by atoms with E-state index in [0.29, 0.717) is 10.8 Å². The molecule has 0 radical (unpaired) electrons. The maximum atomic E-state index is 10.2. The van der Waals surface area contributed by atoms with Crippen LogP contribution in [0.25, 0.3) is 0 Å². The van der Waals surface area contributed by atoms with Crippen LogP contribution in [0.2, 0.25) is 0 Å². The monoisotopic (exact) mass is 278 g/mol. The molecule has 20 heavy (non-hydrogen) atoms. The van der Waals surface area contributed by atoms with Crippen molar-refractivity contribution in [2.75, 3.05) is 0 Å². The summed E-state index contributed by atoms with van der Waals surface area (Å²) in [5.41, 5.74) is 0.317. The summed E-state index contributed by atoms with van der Waals surface area (Å²) in [6.45, 7) is 13.2. The Balaban J connectivity index is 2.11. The van der Waals surface area contributed by atoms with Crippen LogP contribution in [0.3, 0.4) is 0 Å². The number of aliphatic hydroxyl groups is 1. The highest BCUT2D eigenvalue weighted by Crippen LogP contribution is 2.60. The smallest absolute Gasteiger partial charge is 0.0797 e. The third kappa shape index (κ3) is 2.98. The number of hydrogen-bond acceptors (Lipinski definition) is 1. The first-order valence-corrected chi connectivity index (χ1v) is 8.57. The summed E-state index contributed by atoms with van der Waals surface area (Å²) >= 11 is 0. The normalized spacial score (nSPS) is 39.6. The van der Waals surface area contributed by atoms with Crippen LogP contribution in [0.15, 0.2) is 12.7 Å². The first-order chi connectivity index (χ1) is 9.21. The zero-order valence-corrected chi connectivity index (χ0v) is 14.0. The van der Waals surface area contributed by atoms with Gasteiger partial charge in [-0.05, 0) is 68.1 Å². The van der Waals surface area contributed by atoms with E-state index in [1.54, 1.807) is 6.08 Å². The van der Waals surface area contributed by atoms with Gasteiger partial charge in [-0.25, -0.2) is 0 Å². The fraction of sp³-hybridized carbons (Fsp3) is 0.895. The predicted octanol–water partition coefficient (Wildman–Crippen LogP) is 5.34. The quantitative estimate of drug-likeness (QED) is 0.688. The fourth-order valence-electron chi connectivity index (χ4n) is 5.32. The molecule has 2 saturated carbocycles. The Morgan fingerprint density at radius 2 is 1.90 bits per heavy atom. The van der Waals surface area contributed by atoms with E-state index in [2.05, 4.69) is 27.4 Å². The van der Waals surface area contributed by atoms with Gasteiger partial charge in [0.15, 0.2) is 0 Å². The molecule has 4 atom stereocenters. The Bertz CT molecular complexity index is 355. The van der Waals surface area contributed by atoms with E-state index in [1.807, 2.05) is 6.92 Å². The first-order valence-electron chi connectivity index (χ1n) is 8.57. The summed E-state index contributed by atoms with van der Waals surface area (Å²) in [6.07, 6.45) is 12.0. The molecule has 0 unspecified atom stereocenters. The molecule has 2 aliphatic carbocycles. The average molecular weight is 278 g/mol. The van der Waals surface area contributed by atoms with Crippen LogP contribution < -0.4 is 0 Å². The first kappa shape index (κ1) is 16.1. The molecule has 116 valence electrons. The summed E-state index contributed by atoms with van der Waals surface area (Å²) in [5.74, 6) is 1.66. The van der Waals surface area contributed by atoms with Crippen molar-refractivity contribution in [3.8, 4) is 0 Å². The van der Waals surface area contributed by atoms with Crippen molar-refractivity contribution in [3.63, 3.8) is 0 Å². The molecule has 0 aromatic heterocycles. The zero-order valence-electron chi connectivity index (χ0n) is 14.0. The minimum absolute atomic E-state index is 0.497. The van der Waals surface area contributed by atoms with E-state index in [-0.39, 0.29) is 0 Å². The van der Waals surface area contributed by atoms with Gasteiger partial charge in [-0.2, -0.15) is 0 Å². The van der Waals surface area contributed by atoms with Gasteiger partial charge in [-0.3, -0.25) is 0 Å². The minimum atomic E-state index is -0.687. The highest BCUT2D eigenvalue weighted by molar-refractivity contribution is 5.02. The lowest BCUT2D eigenvalue weighted by atomic mass is 9.48. The maximum absolute atomic E-state index is 10.2. The van der Waals surface area contributed by atoms with Crippen LogP contribution in [0, 0.1) is 22.7 Å². The second-order valence-corrected chi connectivity index (χ2v) is 8.63. The highest BCUT2D eigenvalue weighted by Gasteiger charge is 2.51.